The molecule has 3 nitrogen and oxygen atoms in total. The van der Waals surface area contributed by atoms with E-state index in [0.717, 1.165) is 35.3 Å². The van der Waals surface area contributed by atoms with Gasteiger partial charge >= 0.3 is 5.97 Å². The van der Waals surface area contributed by atoms with Crippen LogP contribution in [0.15, 0.2) is 47.5 Å². The van der Waals surface area contributed by atoms with Crippen LogP contribution in [0.2, 0.25) is 0 Å². The van der Waals surface area contributed by atoms with Crippen molar-refractivity contribution in [3.63, 3.8) is 0 Å². The second kappa shape index (κ2) is 8.27. The number of carbonyl (C=O) groups excluding carboxylic acids is 1. The number of hydrogen-bond donors (Lipinski definition) is 0. The smallest absolute Gasteiger partial charge is 0.333 e. The summed E-state index contributed by atoms with van der Waals surface area (Å²) < 4.78 is 11.6. The fraction of sp³-hybridized carbons (Fsp3) is 0.367. The van der Waals surface area contributed by atoms with Gasteiger partial charge in [0.15, 0.2) is 0 Å². The number of hydrogen-bond acceptors (Lipinski definition) is 3. The molecule has 0 bridgehead atoms. The molecule has 1 spiro atoms. The van der Waals surface area contributed by atoms with Crippen LogP contribution in [0.4, 0.5) is 0 Å². The number of fused-ring (bicyclic) bond motifs is 1. The second-order valence-corrected chi connectivity index (χ2v) is 9.48. The fourth-order valence-corrected chi connectivity index (χ4v) is 4.58. The van der Waals surface area contributed by atoms with Gasteiger partial charge in [-0.1, -0.05) is 24.0 Å². The quantitative estimate of drug-likeness (QED) is 0.305. The van der Waals surface area contributed by atoms with Crippen molar-refractivity contribution >= 4 is 17.6 Å². The van der Waals surface area contributed by atoms with Crippen molar-refractivity contribution in [3.05, 3.63) is 75.4 Å². The summed E-state index contributed by atoms with van der Waals surface area (Å²) in [5.74, 6) is 8.13. The molecule has 3 heteroatoms. The van der Waals surface area contributed by atoms with Crippen LogP contribution in [-0.4, -0.2) is 18.2 Å². The zero-order chi connectivity index (χ0) is 23.2. The van der Waals surface area contributed by atoms with Gasteiger partial charge in [0, 0.05) is 22.3 Å². The third-order valence-corrected chi connectivity index (χ3v) is 7.03. The molecule has 168 valence electrons. The van der Waals surface area contributed by atoms with Crippen molar-refractivity contribution in [2.24, 2.45) is 0 Å². The van der Waals surface area contributed by atoms with Gasteiger partial charge in [0.1, 0.15) is 11.4 Å². The lowest BCUT2D eigenvalue weighted by Crippen LogP contribution is -2.25. The summed E-state index contributed by atoms with van der Waals surface area (Å²) in [5.41, 5.74) is 8.79. The maximum absolute atomic E-state index is 11.8. The van der Waals surface area contributed by atoms with Crippen LogP contribution in [0.3, 0.4) is 0 Å². The van der Waals surface area contributed by atoms with Gasteiger partial charge in [-0.2, -0.15) is 0 Å². The van der Waals surface area contributed by atoms with Crippen molar-refractivity contribution in [1.29, 1.82) is 0 Å². The first-order valence-corrected chi connectivity index (χ1v) is 11.9. The highest BCUT2D eigenvalue weighted by molar-refractivity contribution is 5.93. The predicted molar refractivity (Wildman–Crippen MR) is 132 cm³/mol. The summed E-state index contributed by atoms with van der Waals surface area (Å²) in [6, 6.07) is 12.4. The normalized spacial score (nSPS) is 18.2. The van der Waals surface area contributed by atoms with Crippen LogP contribution in [0.25, 0.3) is 11.6 Å². The largest absolute Gasteiger partial charge is 0.482 e. The van der Waals surface area contributed by atoms with E-state index in [9.17, 15) is 4.79 Å². The predicted octanol–water partition coefficient (Wildman–Crippen LogP) is 6.65. The van der Waals surface area contributed by atoms with Gasteiger partial charge < -0.3 is 9.47 Å². The molecule has 0 N–H and O–H groups in total. The first-order chi connectivity index (χ1) is 15.9. The molecule has 0 radical (unpaired) electrons. The van der Waals surface area contributed by atoms with E-state index in [1.54, 1.807) is 6.92 Å². The Kier molecular flexibility index (Phi) is 5.41. The average Bonchev–Trinajstić information content (AvgIpc) is 3.73. The van der Waals surface area contributed by atoms with Gasteiger partial charge in [-0.15, -0.1) is 0 Å². The minimum absolute atomic E-state index is 0.0320. The molecule has 1 heterocycles. The number of esters is 1. The number of rotatable bonds is 4. The molecule has 2 aromatic carbocycles. The number of benzene rings is 2. The Morgan fingerprint density at radius 3 is 2.45 bits per heavy atom. The van der Waals surface area contributed by atoms with Gasteiger partial charge in [0.05, 0.1) is 6.61 Å². The highest BCUT2D eigenvalue weighted by atomic mass is 16.5. The summed E-state index contributed by atoms with van der Waals surface area (Å²) in [6.07, 6.45) is 6.57. The van der Waals surface area contributed by atoms with E-state index in [1.165, 1.54) is 35.1 Å². The van der Waals surface area contributed by atoms with Crippen molar-refractivity contribution in [1.82, 2.24) is 0 Å². The van der Waals surface area contributed by atoms with E-state index >= 15 is 0 Å². The molecule has 2 saturated carbocycles. The van der Waals surface area contributed by atoms with Crippen molar-refractivity contribution in [3.8, 4) is 17.6 Å². The lowest BCUT2D eigenvalue weighted by Gasteiger charge is -2.31. The van der Waals surface area contributed by atoms with E-state index in [4.69, 9.17) is 9.47 Å². The molecule has 0 amide bonds. The molecule has 0 unspecified atom stereocenters. The summed E-state index contributed by atoms with van der Waals surface area (Å²) in [5, 5.41) is 0. The lowest BCUT2D eigenvalue weighted by atomic mass is 9.89. The van der Waals surface area contributed by atoms with E-state index < -0.39 is 0 Å². The number of allylic oxidation sites excluding steroid dienone is 1. The Morgan fingerprint density at radius 2 is 1.82 bits per heavy atom. The van der Waals surface area contributed by atoms with E-state index in [2.05, 4.69) is 37.8 Å². The summed E-state index contributed by atoms with van der Waals surface area (Å²) >= 11 is 0. The Balaban J connectivity index is 1.42. The maximum atomic E-state index is 11.8. The van der Waals surface area contributed by atoms with E-state index in [1.807, 2.05) is 37.3 Å². The van der Waals surface area contributed by atoms with Crippen molar-refractivity contribution < 1.29 is 14.3 Å². The number of ether oxygens (including phenoxy) is 2. The minimum Gasteiger partial charge on any atom is -0.482 e. The Bertz CT molecular complexity index is 1240. The van der Waals surface area contributed by atoms with Gasteiger partial charge in [-0.3, -0.25) is 0 Å². The van der Waals surface area contributed by atoms with Crippen LogP contribution < -0.4 is 4.74 Å². The Morgan fingerprint density at radius 1 is 1.12 bits per heavy atom. The molecular weight excluding hydrogens is 408 g/mol. The van der Waals surface area contributed by atoms with Crippen molar-refractivity contribution in [2.45, 2.75) is 64.9 Å². The van der Waals surface area contributed by atoms with Crippen LogP contribution >= 0.6 is 0 Å². The summed E-state index contributed by atoms with van der Waals surface area (Å²) in [4.78, 5) is 11.8. The fourth-order valence-electron chi connectivity index (χ4n) is 4.58. The highest BCUT2D eigenvalue weighted by Crippen LogP contribution is 2.56. The SMILES string of the molecule is CCOC(=O)/C(C)=C/c1ccc(C#Cc2cc3c(c(C4CC4)c2)OC2(CC2)C(C)=C3C)cc1. The van der Waals surface area contributed by atoms with E-state index in [0.29, 0.717) is 18.1 Å². The topological polar surface area (TPSA) is 35.5 Å². The molecule has 0 atom stereocenters. The van der Waals surface area contributed by atoms with Crippen LogP contribution in [0, 0.1) is 11.8 Å². The summed E-state index contributed by atoms with van der Waals surface area (Å²) in [6.45, 7) is 8.41. The molecule has 0 saturated heterocycles. The molecule has 33 heavy (non-hydrogen) atoms. The van der Waals surface area contributed by atoms with E-state index in [-0.39, 0.29) is 11.6 Å². The maximum Gasteiger partial charge on any atom is 0.333 e. The van der Waals surface area contributed by atoms with Gasteiger partial charge in [-0.25, -0.2) is 4.79 Å². The molecule has 2 fully saturated rings. The molecule has 0 aromatic heterocycles. The zero-order valence-electron chi connectivity index (χ0n) is 19.9. The zero-order valence-corrected chi connectivity index (χ0v) is 19.9. The monoisotopic (exact) mass is 438 g/mol. The molecule has 5 rings (SSSR count). The van der Waals surface area contributed by atoms with Gasteiger partial charge in [0.25, 0.3) is 0 Å². The van der Waals surface area contributed by atoms with Crippen LogP contribution in [-0.2, 0) is 9.53 Å². The van der Waals surface area contributed by atoms with Gasteiger partial charge in [0.2, 0.25) is 0 Å². The highest BCUT2D eigenvalue weighted by Gasteiger charge is 2.51. The average molecular weight is 439 g/mol. The third kappa shape index (κ3) is 4.23. The first-order valence-electron chi connectivity index (χ1n) is 11.9. The molecule has 2 aromatic rings. The first kappa shape index (κ1) is 21.6. The third-order valence-electron chi connectivity index (χ3n) is 7.03. The molecule has 3 aliphatic rings. The summed E-state index contributed by atoms with van der Waals surface area (Å²) in [7, 11) is 0. The molecular formula is C30H30O3. The Hall–Kier alpha value is -3.25. The Labute approximate surface area is 196 Å². The second-order valence-electron chi connectivity index (χ2n) is 9.48. The number of carbonyl (C=O) groups is 1. The van der Waals surface area contributed by atoms with Crippen LogP contribution in [0.1, 0.15) is 87.1 Å². The minimum atomic E-state index is -0.281. The molecule has 1 aliphatic heterocycles. The standard InChI is InChI=1S/C30H30O3/c1-5-32-29(31)19(2)16-23-9-6-22(7-10-23)8-11-24-17-26-20(3)21(4)30(14-15-30)33-28(26)27(18-24)25-12-13-25/h6-7,9-10,16-18,25H,5,12-15H2,1-4H3/b19-16+. The lowest BCUT2D eigenvalue weighted by molar-refractivity contribution is -0.138. The van der Waals surface area contributed by atoms with Gasteiger partial charge in [-0.05, 0) is 112 Å². The van der Waals surface area contributed by atoms with Crippen molar-refractivity contribution in [2.75, 3.05) is 6.61 Å². The molecule has 2 aliphatic carbocycles. The van der Waals surface area contributed by atoms with Crippen LogP contribution in [0.5, 0.6) is 5.75 Å².